The van der Waals surface area contributed by atoms with Gasteiger partial charge < -0.3 is 10.6 Å². The fraction of sp³-hybridized carbons (Fsp3) is 0.545. The number of rotatable bonds is 9. The minimum atomic E-state index is -0.0422. The smallest absolute Gasteiger partial charge is 0.238 e. The molecule has 1 aromatic heterocycles. The minimum Gasteiger partial charge on any atom is -0.322 e. The lowest BCUT2D eigenvalue weighted by molar-refractivity contribution is -0.115. The minimum absolute atomic E-state index is 0.0422. The number of anilines is 1. The fourth-order valence-electron chi connectivity index (χ4n) is 3.35. The number of aromatic nitrogens is 2. The molecule has 0 aliphatic heterocycles. The zero-order valence-electron chi connectivity index (χ0n) is 17.6. The van der Waals surface area contributed by atoms with Crippen molar-refractivity contribution in [2.24, 2.45) is 13.0 Å². The molecular weight excluding hydrogens is 336 g/mol. The van der Waals surface area contributed by atoms with E-state index in [0.29, 0.717) is 5.92 Å². The third-order valence-electron chi connectivity index (χ3n) is 5.08. The second kappa shape index (κ2) is 9.70. The van der Waals surface area contributed by atoms with Gasteiger partial charge in [-0.05, 0) is 43.7 Å². The molecule has 2 N–H and O–H groups in total. The van der Waals surface area contributed by atoms with Gasteiger partial charge in [-0.25, -0.2) is 0 Å². The van der Waals surface area contributed by atoms with Crippen molar-refractivity contribution >= 4 is 11.6 Å². The van der Waals surface area contributed by atoms with Crippen molar-refractivity contribution in [3.63, 3.8) is 0 Å². The molecule has 1 aromatic carbocycles. The molecule has 1 heterocycles. The van der Waals surface area contributed by atoms with E-state index in [1.165, 1.54) is 24.0 Å². The molecule has 0 radical (unpaired) electrons. The summed E-state index contributed by atoms with van der Waals surface area (Å²) in [7, 11) is 1.88. The number of carbonyl (C=O) groups excluding carboxylic acids is 1. The molecule has 5 nitrogen and oxygen atoms in total. The summed E-state index contributed by atoms with van der Waals surface area (Å²) in [6.07, 6.45) is 3.56. The van der Waals surface area contributed by atoms with Gasteiger partial charge >= 0.3 is 0 Å². The van der Waals surface area contributed by atoms with Crippen molar-refractivity contribution in [2.75, 3.05) is 11.9 Å². The average Bonchev–Trinajstić information content (AvgIpc) is 2.87. The second-order valence-electron chi connectivity index (χ2n) is 7.67. The maximum atomic E-state index is 12.4. The van der Waals surface area contributed by atoms with Crippen molar-refractivity contribution in [1.82, 2.24) is 15.1 Å². The summed E-state index contributed by atoms with van der Waals surface area (Å²) in [5, 5.41) is 10.8. The van der Waals surface area contributed by atoms with Gasteiger partial charge in [0.2, 0.25) is 5.91 Å². The van der Waals surface area contributed by atoms with Crippen LogP contribution in [0, 0.1) is 19.8 Å². The first kappa shape index (κ1) is 21.2. The summed E-state index contributed by atoms with van der Waals surface area (Å²) < 4.78 is 1.79. The van der Waals surface area contributed by atoms with E-state index >= 15 is 0 Å². The summed E-state index contributed by atoms with van der Waals surface area (Å²) in [6.45, 7) is 10.7. The summed E-state index contributed by atoms with van der Waals surface area (Å²) in [4.78, 5) is 12.4. The van der Waals surface area contributed by atoms with E-state index in [-0.39, 0.29) is 18.5 Å². The summed E-state index contributed by atoms with van der Waals surface area (Å²) in [5.74, 6) is 0.348. The summed E-state index contributed by atoms with van der Waals surface area (Å²) >= 11 is 0. The molecule has 1 amide bonds. The van der Waals surface area contributed by atoms with Crippen LogP contribution in [0.1, 0.15) is 62.2 Å². The van der Waals surface area contributed by atoms with Crippen molar-refractivity contribution in [1.29, 1.82) is 0 Å². The number of amides is 1. The standard InChI is InChI=1S/C22H34N4O/c1-7-8-9-18-10-12-19(13-11-18)21(15(2)3)23-14-20(27)24-22-16(4)25-26(6)17(22)5/h10-13,15,21,23H,7-9,14H2,1-6H3,(H,24,27)/t21-/m1/s1. The van der Waals surface area contributed by atoms with Crippen LogP contribution in [-0.4, -0.2) is 22.2 Å². The van der Waals surface area contributed by atoms with Crippen LogP contribution in [0.3, 0.4) is 0 Å². The highest BCUT2D eigenvalue weighted by atomic mass is 16.1. The Bertz CT molecular complexity index is 746. The Kier molecular flexibility index (Phi) is 7.60. The lowest BCUT2D eigenvalue weighted by Crippen LogP contribution is -2.33. The highest BCUT2D eigenvalue weighted by Crippen LogP contribution is 2.23. The first-order chi connectivity index (χ1) is 12.8. The van der Waals surface area contributed by atoms with Crippen LogP contribution in [-0.2, 0) is 18.3 Å². The summed E-state index contributed by atoms with van der Waals surface area (Å²) in [6, 6.07) is 8.95. The Hall–Kier alpha value is -2.14. The number of hydrogen-bond acceptors (Lipinski definition) is 3. The summed E-state index contributed by atoms with van der Waals surface area (Å²) in [5.41, 5.74) is 5.22. The maximum absolute atomic E-state index is 12.4. The Morgan fingerprint density at radius 1 is 1.19 bits per heavy atom. The number of nitrogens with one attached hydrogen (secondary N) is 2. The molecule has 2 aromatic rings. The molecule has 0 fully saturated rings. The Morgan fingerprint density at radius 2 is 1.85 bits per heavy atom. The van der Waals surface area contributed by atoms with E-state index in [1.807, 2.05) is 20.9 Å². The van der Waals surface area contributed by atoms with E-state index in [4.69, 9.17) is 0 Å². The number of carbonyl (C=O) groups is 1. The van der Waals surface area contributed by atoms with Crippen molar-refractivity contribution in [2.45, 2.75) is 59.9 Å². The van der Waals surface area contributed by atoms with Gasteiger partial charge in [0.1, 0.15) is 0 Å². The molecule has 1 atom stereocenters. The van der Waals surface area contributed by atoms with Crippen molar-refractivity contribution in [3.8, 4) is 0 Å². The van der Waals surface area contributed by atoms with Crippen molar-refractivity contribution in [3.05, 3.63) is 46.8 Å². The molecule has 2 rings (SSSR count). The predicted octanol–water partition coefficient (Wildman–Crippen LogP) is 4.30. The highest BCUT2D eigenvalue weighted by molar-refractivity contribution is 5.93. The first-order valence-electron chi connectivity index (χ1n) is 9.95. The molecule has 0 saturated heterocycles. The quantitative estimate of drug-likeness (QED) is 0.692. The Balaban J connectivity index is 1.98. The Labute approximate surface area is 163 Å². The highest BCUT2D eigenvalue weighted by Gasteiger charge is 2.18. The molecule has 0 unspecified atom stereocenters. The molecular formula is C22H34N4O. The van der Waals surface area contributed by atoms with Crippen LogP contribution >= 0.6 is 0 Å². The van der Waals surface area contributed by atoms with E-state index in [1.54, 1.807) is 4.68 Å². The molecule has 27 heavy (non-hydrogen) atoms. The van der Waals surface area contributed by atoms with E-state index in [2.05, 4.69) is 60.8 Å². The van der Waals surface area contributed by atoms with E-state index in [9.17, 15) is 4.79 Å². The monoisotopic (exact) mass is 370 g/mol. The predicted molar refractivity (Wildman–Crippen MR) is 112 cm³/mol. The van der Waals surface area contributed by atoms with Gasteiger partial charge in [0.05, 0.1) is 23.6 Å². The third-order valence-corrected chi connectivity index (χ3v) is 5.08. The van der Waals surface area contributed by atoms with Gasteiger partial charge in [0.25, 0.3) is 0 Å². The largest absolute Gasteiger partial charge is 0.322 e. The molecule has 0 aliphatic carbocycles. The molecule has 0 aliphatic rings. The van der Waals surface area contributed by atoms with Gasteiger partial charge in [-0.2, -0.15) is 5.10 Å². The van der Waals surface area contributed by atoms with Gasteiger partial charge in [-0.15, -0.1) is 0 Å². The third kappa shape index (κ3) is 5.67. The average molecular weight is 371 g/mol. The van der Waals surface area contributed by atoms with E-state index < -0.39 is 0 Å². The van der Waals surface area contributed by atoms with Gasteiger partial charge in [-0.1, -0.05) is 51.5 Å². The Morgan fingerprint density at radius 3 is 2.37 bits per heavy atom. The number of benzene rings is 1. The zero-order valence-corrected chi connectivity index (χ0v) is 17.6. The number of nitrogens with zero attached hydrogens (tertiary/aromatic N) is 2. The molecule has 148 valence electrons. The topological polar surface area (TPSA) is 59.0 Å². The number of unbranched alkanes of at least 4 members (excludes halogenated alkanes) is 1. The number of aryl methyl sites for hydroxylation is 3. The lowest BCUT2D eigenvalue weighted by atomic mass is 9.94. The molecule has 0 spiro atoms. The van der Waals surface area contributed by atoms with Crippen LogP contribution in [0.5, 0.6) is 0 Å². The first-order valence-corrected chi connectivity index (χ1v) is 9.95. The SMILES string of the molecule is CCCCc1ccc([C@H](NCC(=O)Nc2c(C)nn(C)c2C)C(C)C)cc1. The van der Waals surface area contributed by atoms with Crippen LogP contribution in [0.2, 0.25) is 0 Å². The van der Waals surface area contributed by atoms with Crippen LogP contribution in [0.25, 0.3) is 0 Å². The van der Waals surface area contributed by atoms with Gasteiger partial charge in [0.15, 0.2) is 0 Å². The normalized spacial score (nSPS) is 12.4. The van der Waals surface area contributed by atoms with Crippen LogP contribution < -0.4 is 10.6 Å². The van der Waals surface area contributed by atoms with E-state index in [0.717, 1.165) is 23.5 Å². The maximum Gasteiger partial charge on any atom is 0.238 e. The van der Waals surface area contributed by atoms with Gasteiger partial charge in [-0.3, -0.25) is 9.48 Å². The lowest BCUT2D eigenvalue weighted by Gasteiger charge is -2.23. The second-order valence-corrected chi connectivity index (χ2v) is 7.67. The van der Waals surface area contributed by atoms with Gasteiger partial charge in [0, 0.05) is 13.1 Å². The van der Waals surface area contributed by atoms with Crippen LogP contribution in [0.4, 0.5) is 5.69 Å². The molecule has 5 heteroatoms. The molecule has 0 saturated carbocycles. The fourth-order valence-corrected chi connectivity index (χ4v) is 3.35. The van der Waals surface area contributed by atoms with Crippen LogP contribution in [0.15, 0.2) is 24.3 Å². The van der Waals surface area contributed by atoms with Crippen molar-refractivity contribution < 1.29 is 4.79 Å². The zero-order chi connectivity index (χ0) is 20.0. The molecule has 0 bridgehead atoms. The number of hydrogen-bond donors (Lipinski definition) is 2.